The number of alkyl halides is 1. The van der Waals surface area contributed by atoms with Crippen molar-refractivity contribution in [1.29, 1.82) is 0 Å². The summed E-state index contributed by atoms with van der Waals surface area (Å²) in [6, 6.07) is 4.91. The summed E-state index contributed by atoms with van der Waals surface area (Å²) in [4.78, 5) is 0.862. The van der Waals surface area contributed by atoms with E-state index in [1.165, 1.54) is 6.07 Å². The van der Waals surface area contributed by atoms with Crippen LogP contribution in [0, 0.1) is 12.7 Å². The van der Waals surface area contributed by atoms with Crippen molar-refractivity contribution in [3.05, 3.63) is 55.4 Å². The molecule has 1 unspecified atom stereocenters. The van der Waals surface area contributed by atoms with Crippen LogP contribution >= 0.6 is 50.5 Å². The Morgan fingerprint density at radius 1 is 1.29 bits per heavy atom. The van der Waals surface area contributed by atoms with Crippen molar-refractivity contribution in [2.45, 2.75) is 11.8 Å². The highest BCUT2D eigenvalue weighted by Gasteiger charge is 2.19. The van der Waals surface area contributed by atoms with Crippen molar-refractivity contribution in [2.24, 2.45) is 0 Å². The summed E-state index contributed by atoms with van der Waals surface area (Å²) in [6.45, 7) is 1.71. The van der Waals surface area contributed by atoms with E-state index in [1.807, 2.05) is 11.4 Å². The molecule has 0 nitrogen and oxygen atoms in total. The maximum atomic E-state index is 13.3. The minimum Gasteiger partial charge on any atom is -0.207 e. The van der Waals surface area contributed by atoms with Crippen LogP contribution in [0.2, 0.25) is 10.0 Å². The predicted octanol–water partition coefficient (Wildman–Crippen LogP) is 5.99. The van der Waals surface area contributed by atoms with Gasteiger partial charge in [0, 0.05) is 9.90 Å². The molecule has 1 atom stereocenters. The third kappa shape index (κ3) is 2.68. The molecule has 0 fully saturated rings. The second-order valence-electron chi connectivity index (χ2n) is 3.62. The highest BCUT2D eigenvalue weighted by Crippen LogP contribution is 2.41. The van der Waals surface area contributed by atoms with E-state index in [9.17, 15) is 4.39 Å². The molecule has 2 aromatic rings. The van der Waals surface area contributed by atoms with Crippen LogP contribution in [0.25, 0.3) is 0 Å². The first kappa shape index (κ1) is 13.3. The van der Waals surface area contributed by atoms with Crippen LogP contribution in [-0.2, 0) is 0 Å². The molecule has 5 heteroatoms. The molecule has 0 bridgehead atoms. The highest BCUT2D eigenvalue weighted by atomic mass is 79.9. The predicted molar refractivity (Wildman–Crippen MR) is 76.2 cm³/mol. The fourth-order valence-electron chi connectivity index (χ4n) is 1.50. The third-order valence-electron chi connectivity index (χ3n) is 2.43. The van der Waals surface area contributed by atoms with E-state index in [2.05, 4.69) is 15.9 Å². The van der Waals surface area contributed by atoms with Gasteiger partial charge in [0.2, 0.25) is 0 Å². The average molecular weight is 354 g/mol. The molecule has 0 saturated carbocycles. The number of hydrogen-bond donors (Lipinski definition) is 0. The van der Waals surface area contributed by atoms with E-state index in [0.717, 1.165) is 10.4 Å². The number of thiophene rings is 1. The molecule has 0 saturated heterocycles. The van der Waals surface area contributed by atoms with Gasteiger partial charge in [-0.05, 0) is 35.6 Å². The minimum absolute atomic E-state index is 0.109. The molecule has 2 rings (SSSR count). The molecule has 1 heterocycles. The Bertz CT molecular complexity index is 553. The minimum atomic E-state index is -0.296. The largest absolute Gasteiger partial charge is 0.207 e. The van der Waals surface area contributed by atoms with Crippen LogP contribution in [0.1, 0.15) is 20.8 Å². The van der Waals surface area contributed by atoms with E-state index in [4.69, 9.17) is 23.2 Å². The Hall–Kier alpha value is -0.0900. The van der Waals surface area contributed by atoms with Crippen molar-refractivity contribution in [2.75, 3.05) is 0 Å². The van der Waals surface area contributed by atoms with Gasteiger partial charge in [-0.1, -0.05) is 45.2 Å². The van der Waals surface area contributed by atoms with Crippen molar-refractivity contribution in [1.82, 2.24) is 0 Å². The van der Waals surface area contributed by atoms with E-state index in [1.54, 1.807) is 24.3 Å². The van der Waals surface area contributed by atoms with Crippen LogP contribution in [0.3, 0.4) is 0 Å². The summed E-state index contributed by atoms with van der Waals surface area (Å²) in [7, 11) is 0. The van der Waals surface area contributed by atoms with E-state index < -0.39 is 0 Å². The Labute approximate surface area is 121 Å². The Balaban J connectivity index is 2.48. The van der Waals surface area contributed by atoms with Gasteiger partial charge in [-0.15, -0.1) is 11.3 Å². The zero-order valence-electron chi connectivity index (χ0n) is 8.81. The summed E-state index contributed by atoms with van der Waals surface area (Å²) >= 11 is 17.2. The summed E-state index contributed by atoms with van der Waals surface area (Å²) in [6.07, 6.45) is 0. The van der Waals surface area contributed by atoms with Crippen molar-refractivity contribution in [3.8, 4) is 0 Å². The summed E-state index contributed by atoms with van der Waals surface area (Å²) in [5.41, 5.74) is 1.40. The number of benzene rings is 1. The molecule has 1 aromatic carbocycles. The SMILES string of the molecule is Cc1cc(C(Br)c2sccc2Cl)c(Cl)cc1F. The monoisotopic (exact) mass is 352 g/mol. The fraction of sp³-hybridized carbons (Fsp3) is 0.167. The Morgan fingerprint density at radius 2 is 2.00 bits per heavy atom. The van der Waals surface area contributed by atoms with Crippen LogP contribution in [0.5, 0.6) is 0 Å². The maximum absolute atomic E-state index is 13.3. The normalized spacial score (nSPS) is 12.8. The van der Waals surface area contributed by atoms with Crippen LogP contribution < -0.4 is 0 Å². The molecular formula is C12H8BrCl2FS. The van der Waals surface area contributed by atoms with Crippen molar-refractivity contribution >= 4 is 50.5 Å². The van der Waals surface area contributed by atoms with Gasteiger partial charge >= 0.3 is 0 Å². The first-order valence-corrected chi connectivity index (χ1v) is 7.38. The molecule has 0 aliphatic heterocycles. The van der Waals surface area contributed by atoms with Crippen LogP contribution in [0.4, 0.5) is 4.39 Å². The molecule has 0 amide bonds. The van der Waals surface area contributed by atoms with Gasteiger partial charge in [-0.2, -0.15) is 0 Å². The first-order valence-electron chi connectivity index (χ1n) is 4.83. The lowest BCUT2D eigenvalue weighted by molar-refractivity contribution is 0.618. The lowest BCUT2D eigenvalue weighted by Gasteiger charge is -2.12. The van der Waals surface area contributed by atoms with Gasteiger partial charge in [0.15, 0.2) is 0 Å². The zero-order chi connectivity index (χ0) is 12.6. The highest BCUT2D eigenvalue weighted by molar-refractivity contribution is 9.09. The van der Waals surface area contributed by atoms with Gasteiger partial charge in [0.1, 0.15) is 5.82 Å². The van der Waals surface area contributed by atoms with Crippen molar-refractivity contribution in [3.63, 3.8) is 0 Å². The zero-order valence-corrected chi connectivity index (χ0v) is 12.7. The van der Waals surface area contributed by atoms with E-state index in [-0.39, 0.29) is 10.6 Å². The van der Waals surface area contributed by atoms with Gasteiger partial charge in [-0.3, -0.25) is 0 Å². The third-order valence-corrected chi connectivity index (χ3v) is 5.43. The molecule has 0 aliphatic carbocycles. The standard InChI is InChI=1S/C12H8BrCl2FS/c1-6-4-7(9(15)5-10(6)16)11(13)12-8(14)2-3-17-12/h2-5,11H,1H3. The summed E-state index contributed by atoms with van der Waals surface area (Å²) < 4.78 is 13.3. The second kappa shape index (κ2) is 5.27. The van der Waals surface area contributed by atoms with Gasteiger partial charge < -0.3 is 0 Å². The quantitative estimate of drug-likeness (QED) is 0.582. The summed E-state index contributed by atoms with van der Waals surface area (Å²) in [5, 5.41) is 3.00. The molecule has 17 heavy (non-hydrogen) atoms. The Kier molecular flexibility index (Phi) is 4.14. The average Bonchev–Trinajstić information content (AvgIpc) is 2.69. The van der Waals surface area contributed by atoms with Crippen LogP contribution in [-0.4, -0.2) is 0 Å². The van der Waals surface area contributed by atoms with Gasteiger partial charge in [0.05, 0.1) is 9.85 Å². The summed E-state index contributed by atoms with van der Waals surface area (Å²) in [5.74, 6) is -0.296. The number of hydrogen-bond acceptors (Lipinski definition) is 1. The van der Waals surface area contributed by atoms with Gasteiger partial charge in [-0.25, -0.2) is 4.39 Å². The molecule has 0 spiro atoms. The van der Waals surface area contributed by atoms with E-state index >= 15 is 0 Å². The second-order valence-corrected chi connectivity index (χ2v) is 6.30. The van der Waals surface area contributed by atoms with E-state index in [0.29, 0.717) is 15.6 Å². The lowest BCUT2D eigenvalue weighted by atomic mass is 10.1. The lowest BCUT2D eigenvalue weighted by Crippen LogP contribution is -1.95. The number of halogens is 4. The fourth-order valence-corrected chi connectivity index (χ4v) is 4.13. The molecule has 0 aliphatic rings. The van der Waals surface area contributed by atoms with Crippen LogP contribution in [0.15, 0.2) is 23.6 Å². The molecule has 1 aromatic heterocycles. The molecule has 0 radical (unpaired) electrons. The number of aryl methyl sites for hydroxylation is 1. The Morgan fingerprint density at radius 3 is 2.59 bits per heavy atom. The van der Waals surface area contributed by atoms with Crippen molar-refractivity contribution < 1.29 is 4.39 Å². The smallest absolute Gasteiger partial charge is 0.127 e. The number of rotatable bonds is 2. The first-order chi connectivity index (χ1) is 8.00. The van der Waals surface area contributed by atoms with Gasteiger partial charge in [0.25, 0.3) is 0 Å². The topological polar surface area (TPSA) is 0 Å². The molecule has 0 N–H and O–H groups in total. The molecule has 90 valence electrons. The maximum Gasteiger partial charge on any atom is 0.127 e. The molecular weight excluding hydrogens is 346 g/mol.